The third-order valence-corrected chi connectivity index (χ3v) is 4.32. The zero-order valence-corrected chi connectivity index (χ0v) is 14.1. The van der Waals surface area contributed by atoms with Crippen molar-refractivity contribution in [2.45, 2.75) is 32.5 Å². The Labute approximate surface area is 149 Å². The number of carbonyl (C=O) groups excluding carboxylic acids is 2. The van der Waals surface area contributed by atoms with Crippen molar-refractivity contribution < 1.29 is 23.1 Å². The third kappa shape index (κ3) is 3.82. The quantitative estimate of drug-likeness (QED) is 0.911. The first-order valence-corrected chi connectivity index (χ1v) is 8.14. The lowest BCUT2D eigenvalue weighted by Crippen LogP contribution is -2.49. The van der Waals surface area contributed by atoms with E-state index in [1.165, 1.54) is 30.0 Å². The van der Waals surface area contributed by atoms with Crippen molar-refractivity contribution >= 4 is 17.5 Å². The van der Waals surface area contributed by atoms with Gasteiger partial charge in [-0.05, 0) is 23.3 Å². The van der Waals surface area contributed by atoms with E-state index in [-0.39, 0.29) is 17.3 Å². The number of para-hydroxylation sites is 2. The van der Waals surface area contributed by atoms with E-state index >= 15 is 0 Å². The Bertz CT molecular complexity index is 826. The standard InChI is InChI=1S/C19H18F2N2O3/c1-12(24)23-11-14-7-3-2-6-13(14)10-16(23)18(25)22-15-8-4-5-9-17(15)26-19(20)21/h2-9,16,19H,10-11H2,1H3,(H,22,25)/t16-/m0/s1. The van der Waals surface area contributed by atoms with E-state index in [1.807, 2.05) is 24.3 Å². The molecule has 1 heterocycles. The molecule has 0 saturated carbocycles. The second-order valence-electron chi connectivity index (χ2n) is 6.00. The number of benzene rings is 2. The minimum atomic E-state index is -3.00. The second kappa shape index (κ2) is 7.51. The van der Waals surface area contributed by atoms with Gasteiger partial charge in [-0.3, -0.25) is 9.59 Å². The van der Waals surface area contributed by atoms with E-state index in [0.717, 1.165) is 11.1 Å². The van der Waals surface area contributed by atoms with Gasteiger partial charge in [-0.15, -0.1) is 0 Å². The van der Waals surface area contributed by atoms with Crippen LogP contribution in [-0.4, -0.2) is 29.4 Å². The summed E-state index contributed by atoms with van der Waals surface area (Å²) in [6.45, 7) is -1.26. The minimum absolute atomic E-state index is 0.124. The molecule has 136 valence electrons. The lowest BCUT2D eigenvalue weighted by molar-refractivity contribution is -0.138. The number of rotatable bonds is 4. The maximum absolute atomic E-state index is 12.8. The van der Waals surface area contributed by atoms with Crippen LogP contribution in [0.15, 0.2) is 48.5 Å². The fraction of sp³-hybridized carbons (Fsp3) is 0.263. The number of alkyl halides is 2. The third-order valence-electron chi connectivity index (χ3n) is 4.32. The van der Waals surface area contributed by atoms with E-state index in [0.29, 0.717) is 13.0 Å². The average Bonchev–Trinajstić information content (AvgIpc) is 2.61. The predicted octanol–water partition coefficient (Wildman–Crippen LogP) is 3.20. The smallest absolute Gasteiger partial charge is 0.387 e. The van der Waals surface area contributed by atoms with Crippen molar-refractivity contribution in [3.05, 3.63) is 59.7 Å². The van der Waals surface area contributed by atoms with Crippen molar-refractivity contribution in [3.8, 4) is 5.75 Å². The van der Waals surface area contributed by atoms with E-state index in [1.54, 1.807) is 6.07 Å². The fourth-order valence-corrected chi connectivity index (χ4v) is 3.07. The molecule has 0 radical (unpaired) electrons. The number of anilines is 1. The number of hydrogen-bond acceptors (Lipinski definition) is 3. The largest absolute Gasteiger partial charge is 0.433 e. The predicted molar refractivity (Wildman–Crippen MR) is 91.9 cm³/mol. The summed E-state index contributed by atoms with van der Waals surface area (Å²) < 4.78 is 29.5. The molecule has 0 fully saturated rings. The Hall–Kier alpha value is -2.96. The fourth-order valence-electron chi connectivity index (χ4n) is 3.07. The van der Waals surface area contributed by atoms with Crippen LogP contribution in [0.1, 0.15) is 18.1 Å². The van der Waals surface area contributed by atoms with Gasteiger partial charge in [-0.2, -0.15) is 8.78 Å². The van der Waals surface area contributed by atoms with E-state index < -0.39 is 18.6 Å². The first-order valence-electron chi connectivity index (χ1n) is 8.14. The van der Waals surface area contributed by atoms with Gasteiger partial charge in [0.1, 0.15) is 11.8 Å². The molecule has 0 unspecified atom stereocenters. The Morgan fingerprint density at radius 1 is 1.12 bits per heavy atom. The number of amides is 2. The molecule has 0 aliphatic carbocycles. The van der Waals surface area contributed by atoms with Crippen molar-refractivity contribution in [1.82, 2.24) is 4.90 Å². The molecule has 0 saturated heterocycles. The van der Waals surface area contributed by atoms with Crippen LogP contribution in [-0.2, 0) is 22.6 Å². The SMILES string of the molecule is CC(=O)N1Cc2ccccc2C[C@H]1C(=O)Nc1ccccc1OC(F)F. The maximum Gasteiger partial charge on any atom is 0.387 e. The zero-order valence-electron chi connectivity index (χ0n) is 14.1. The van der Waals surface area contributed by atoms with Gasteiger partial charge in [0.15, 0.2) is 0 Å². The summed E-state index contributed by atoms with van der Waals surface area (Å²) in [6.07, 6.45) is 0.361. The molecule has 5 nitrogen and oxygen atoms in total. The molecule has 1 atom stereocenters. The van der Waals surface area contributed by atoms with Gasteiger partial charge >= 0.3 is 6.61 Å². The molecule has 1 aliphatic heterocycles. The van der Waals surface area contributed by atoms with E-state index in [4.69, 9.17) is 0 Å². The Morgan fingerprint density at radius 2 is 1.77 bits per heavy atom. The van der Waals surface area contributed by atoms with Gasteiger partial charge < -0.3 is 15.0 Å². The minimum Gasteiger partial charge on any atom is -0.433 e. The van der Waals surface area contributed by atoms with Crippen LogP contribution in [0.4, 0.5) is 14.5 Å². The van der Waals surface area contributed by atoms with Gasteiger partial charge in [0.25, 0.3) is 0 Å². The van der Waals surface area contributed by atoms with Gasteiger partial charge in [0.2, 0.25) is 11.8 Å². The molecule has 7 heteroatoms. The summed E-state index contributed by atoms with van der Waals surface area (Å²) in [6, 6.07) is 12.8. The van der Waals surface area contributed by atoms with Gasteiger partial charge in [-0.1, -0.05) is 36.4 Å². The number of fused-ring (bicyclic) bond motifs is 1. The van der Waals surface area contributed by atoms with Crippen LogP contribution in [0.25, 0.3) is 0 Å². The van der Waals surface area contributed by atoms with Crippen LogP contribution in [0.5, 0.6) is 5.75 Å². The Morgan fingerprint density at radius 3 is 2.46 bits per heavy atom. The van der Waals surface area contributed by atoms with Gasteiger partial charge in [0.05, 0.1) is 5.69 Å². The monoisotopic (exact) mass is 360 g/mol. The molecule has 2 aromatic carbocycles. The van der Waals surface area contributed by atoms with Crippen LogP contribution < -0.4 is 10.1 Å². The van der Waals surface area contributed by atoms with Crippen LogP contribution in [0.3, 0.4) is 0 Å². The summed E-state index contributed by atoms with van der Waals surface area (Å²) in [7, 11) is 0. The molecule has 0 aromatic heterocycles. The Balaban J connectivity index is 1.84. The van der Waals surface area contributed by atoms with Crippen molar-refractivity contribution in [3.63, 3.8) is 0 Å². The number of nitrogens with zero attached hydrogens (tertiary/aromatic N) is 1. The average molecular weight is 360 g/mol. The van der Waals surface area contributed by atoms with Gasteiger partial charge in [0, 0.05) is 19.9 Å². The first kappa shape index (κ1) is 17.8. The highest BCUT2D eigenvalue weighted by molar-refractivity contribution is 5.98. The lowest BCUT2D eigenvalue weighted by Gasteiger charge is -2.35. The highest BCUT2D eigenvalue weighted by Gasteiger charge is 2.33. The zero-order chi connectivity index (χ0) is 18.7. The molecule has 0 bridgehead atoms. The second-order valence-corrected chi connectivity index (χ2v) is 6.00. The number of ether oxygens (including phenoxy) is 1. The van der Waals surface area contributed by atoms with E-state index in [9.17, 15) is 18.4 Å². The molecule has 1 aliphatic rings. The topological polar surface area (TPSA) is 58.6 Å². The van der Waals surface area contributed by atoms with Crippen LogP contribution in [0.2, 0.25) is 0 Å². The highest BCUT2D eigenvalue weighted by atomic mass is 19.3. The summed E-state index contributed by atoms with van der Waals surface area (Å²) in [4.78, 5) is 26.3. The van der Waals surface area contributed by atoms with Crippen molar-refractivity contribution in [2.75, 3.05) is 5.32 Å². The van der Waals surface area contributed by atoms with Crippen LogP contribution in [0, 0.1) is 0 Å². The maximum atomic E-state index is 12.8. The van der Waals surface area contributed by atoms with Crippen molar-refractivity contribution in [1.29, 1.82) is 0 Å². The number of nitrogens with one attached hydrogen (secondary N) is 1. The summed E-state index contributed by atoms with van der Waals surface area (Å²) >= 11 is 0. The highest BCUT2D eigenvalue weighted by Crippen LogP contribution is 2.28. The Kier molecular flexibility index (Phi) is 5.16. The molecule has 2 amide bonds. The first-order chi connectivity index (χ1) is 12.5. The molecular weight excluding hydrogens is 342 g/mol. The van der Waals surface area contributed by atoms with Gasteiger partial charge in [-0.25, -0.2) is 0 Å². The molecule has 3 rings (SSSR count). The summed E-state index contributed by atoms with van der Waals surface area (Å²) in [5.41, 5.74) is 2.12. The molecule has 2 aromatic rings. The molecule has 26 heavy (non-hydrogen) atoms. The summed E-state index contributed by atoms with van der Waals surface area (Å²) in [5, 5.41) is 2.61. The molecular formula is C19H18F2N2O3. The number of hydrogen-bond donors (Lipinski definition) is 1. The van der Waals surface area contributed by atoms with Crippen LogP contribution >= 0.6 is 0 Å². The number of halogens is 2. The number of carbonyl (C=O) groups is 2. The van der Waals surface area contributed by atoms with E-state index in [2.05, 4.69) is 10.1 Å². The summed E-state index contributed by atoms with van der Waals surface area (Å²) in [5.74, 6) is -0.793. The lowest BCUT2D eigenvalue weighted by atomic mass is 9.93. The van der Waals surface area contributed by atoms with Crippen molar-refractivity contribution in [2.24, 2.45) is 0 Å². The molecule has 0 spiro atoms. The normalized spacial score (nSPS) is 16.2. The molecule has 1 N–H and O–H groups in total.